The van der Waals surface area contributed by atoms with Gasteiger partial charge in [-0.2, -0.15) is 5.10 Å². The van der Waals surface area contributed by atoms with E-state index >= 15 is 0 Å². The van der Waals surface area contributed by atoms with Gasteiger partial charge in [-0.1, -0.05) is 0 Å². The summed E-state index contributed by atoms with van der Waals surface area (Å²) in [6, 6.07) is -0.0467. The number of likely N-dealkylation sites (N-methyl/N-ethyl adjacent to an activating group) is 1. The number of nitrogens with one attached hydrogen (secondary N) is 1. The third kappa shape index (κ3) is 4.82. The van der Waals surface area contributed by atoms with Crippen LogP contribution in [0.4, 0.5) is 0 Å². The van der Waals surface area contributed by atoms with Crippen molar-refractivity contribution in [1.29, 1.82) is 0 Å². The normalized spacial score (nSPS) is 20.8. The third-order valence-electron chi connectivity index (χ3n) is 3.65. The van der Waals surface area contributed by atoms with Gasteiger partial charge in [-0.3, -0.25) is 14.4 Å². The minimum Gasteiger partial charge on any atom is -0.353 e. The molecule has 0 saturated carbocycles. The summed E-state index contributed by atoms with van der Waals surface area (Å²) in [7, 11) is -1.12. The number of rotatable bonds is 6. The standard InChI is InChI=1S/C13H22N4O3S/c1-11-7-15-17(8-11)5-4-14-13(18)9-16(2)12-3-6-21(19,20)10-12/h7-8,12H,3-6,9-10H2,1-2H3,(H,14,18)/t12-/m1/s1. The zero-order valence-electron chi connectivity index (χ0n) is 12.4. The van der Waals surface area contributed by atoms with Gasteiger partial charge in [0.15, 0.2) is 9.84 Å². The highest BCUT2D eigenvalue weighted by atomic mass is 32.2. The number of aromatic nitrogens is 2. The van der Waals surface area contributed by atoms with Gasteiger partial charge in [-0.25, -0.2) is 8.42 Å². The van der Waals surface area contributed by atoms with Crippen LogP contribution in [0.5, 0.6) is 0 Å². The Labute approximate surface area is 125 Å². The van der Waals surface area contributed by atoms with Crippen LogP contribution in [0.1, 0.15) is 12.0 Å². The second-order valence-electron chi connectivity index (χ2n) is 5.60. The van der Waals surface area contributed by atoms with Gasteiger partial charge < -0.3 is 5.32 Å². The molecule has 1 aromatic heterocycles. The number of nitrogens with zero attached hydrogens (tertiary/aromatic N) is 3. The Kier molecular flexibility index (Phi) is 5.00. The van der Waals surface area contributed by atoms with E-state index in [2.05, 4.69) is 10.4 Å². The third-order valence-corrected chi connectivity index (χ3v) is 5.40. The maximum absolute atomic E-state index is 11.8. The zero-order chi connectivity index (χ0) is 15.5. The maximum atomic E-state index is 11.8. The Morgan fingerprint density at radius 2 is 2.33 bits per heavy atom. The van der Waals surface area contributed by atoms with E-state index in [4.69, 9.17) is 0 Å². The molecule has 21 heavy (non-hydrogen) atoms. The number of carbonyl (C=O) groups excluding carboxylic acids is 1. The Morgan fingerprint density at radius 3 is 2.90 bits per heavy atom. The monoisotopic (exact) mass is 314 g/mol. The quantitative estimate of drug-likeness (QED) is 0.760. The fourth-order valence-corrected chi connectivity index (χ4v) is 4.24. The highest BCUT2D eigenvalue weighted by Crippen LogP contribution is 2.15. The van der Waals surface area contributed by atoms with Gasteiger partial charge in [0.1, 0.15) is 0 Å². The minimum atomic E-state index is -2.91. The molecule has 8 heteroatoms. The largest absolute Gasteiger partial charge is 0.353 e. The van der Waals surface area contributed by atoms with Gasteiger partial charge in [0.25, 0.3) is 0 Å². The summed E-state index contributed by atoms with van der Waals surface area (Å²) >= 11 is 0. The van der Waals surface area contributed by atoms with Crippen LogP contribution < -0.4 is 5.32 Å². The molecule has 0 spiro atoms. The maximum Gasteiger partial charge on any atom is 0.234 e. The van der Waals surface area contributed by atoms with E-state index in [1.165, 1.54) is 0 Å². The van der Waals surface area contributed by atoms with Crippen LogP contribution >= 0.6 is 0 Å². The van der Waals surface area contributed by atoms with E-state index in [1.807, 2.05) is 18.0 Å². The van der Waals surface area contributed by atoms with Crippen LogP contribution in [0.3, 0.4) is 0 Å². The fourth-order valence-electron chi connectivity index (χ4n) is 2.43. The molecular formula is C13H22N4O3S. The molecule has 1 saturated heterocycles. The van der Waals surface area contributed by atoms with Crippen molar-refractivity contribution in [3.8, 4) is 0 Å². The molecule has 0 bridgehead atoms. The first-order chi connectivity index (χ1) is 9.85. The van der Waals surface area contributed by atoms with Crippen LogP contribution in [0.2, 0.25) is 0 Å². The zero-order valence-corrected chi connectivity index (χ0v) is 13.3. The number of sulfone groups is 1. The molecule has 1 aliphatic rings. The predicted molar refractivity (Wildman–Crippen MR) is 79.7 cm³/mol. The van der Waals surface area contributed by atoms with Gasteiger partial charge in [-0.15, -0.1) is 0 Å². The predicted octanol–water partition coefficient (Wildman–Crippen LogP) is -0.573. The van der Waals surface area contributed by atoms with Gasteiger partial charge in [0, 0.05) is 18.8 Å². The minimum absolute atomic E-state index is 0.0467. The van der Waals surface area contributed by atoms with E-state index < -0.39 is 9.84 Å². The Hall–Kier alpha value is -1.41. The first-order valence-electron chi connectivity index (χ1n) is 7.02. The molecule has 0 unspecified atom stereocenters. The molecule has 0 radical (unpaired) electrons. The molecule has 118 valence electrons. The number of amides is 1. The Bertz CT molecular complexity index is 596. The lowest BCUT2D eigenvalue weighted by atomic mass is 10.2. The van der Waals surface area contributed by atoms with Gasteiger partial charge in [-0.05, 0) is 26.0 Å². The molecule has 7 nitrogen and oxygen atoms in total. The van der Waals surface area contributed by atoms with Crippen molar-refractivity contribution in [2.24, 2.45) is 0 Å². The van der Waals surface area contributed by atoms with Crippen LogP contribution in [-0.4, -0.2) is 66.7 Å². The van der Waals surface area contributed by atoms with Crippen LogP contribution in [0, 0.1) is 6.92 Å². The second kappa shape index (κ2) is 6.57. The van der Waals surface area contributed by atoms with E-state index in [-0.39, 0.29) is 30.0 Å². The molecule has 0 aliphatic carbocycles. The molecular weight excluding hydrogens is 292 g/mol. The van der Waals surface area contributed by atoms with E-state index in [1.54, 1.807) is 17.9 Å². The molecule has 2 rings (SSSR count). The Balaban J connectivity index is 1.69. The van der Waals surface area contributed by atoms with E-state index in [9.17, 15) is 13.2 Å². The molecule has 1 aromatic rings. The topological polar surface area (TPSA) is 84.3 Å². The van der Waals surface area contributed by atoms with Gasteiger partial charge in [0.2, 0.25) is 5.91 Å². The Morgan fingerprint density at radius 1 is 1.57 bits per heavy atom. The van der Waals surface area contributed by atoms with Crippen LogP contribution in [-0.2, 0) is 21.2 Å². The molecule has 1 N–H and O–H groups in total. The summed E-state index contributed by atoms with van der Waals surface area (Å²) in [6.07, 6.45) is 4.30. The van der Waals surface area contributed by atoms with Gasteiger partial charge in [0.05, 0.1) is 30.8 Å². The smallest absolute Gasteiger partial charge is 0.234 e. The lowest BCUT2D eigenvalue weighted by molar-refractivity contribution is -0.122. The van der Waals surface area contributed by atoms with Crippen LogP contribution in [0.25, 0.3) is 0 Å². The van der Waals surface area contributed by atoms with Crippen molar-refractivity contribution in [2.75, 3.05) is 31.6 Å². The first-order valence-corrected chi connectivity index (χ1v) is 8.84. The summed E-state index contributed by atoms with van der Waals surface area (Å²) in [5, 5.41) is 6.97. The number of hydrogen-bond donors (Lipinski definition) is 1. The first kappa shape index (κ1) is 16.0. The van der Waals surface area contributed by atoms with E-state index in [0.29, 0.717) is 19.5 Å². The van der Waals surface area contributed by atoms with Crippen molar-refractivity contribution in [2.45, 2.75) is 25.9 Å². The van der Waals surface area contributed by atoms with Crippen molar-refractivity contribution in [3.63, 3.8) is 0 Å². The number of hydrogen-bond acceptors (Lipinski definition) is 5. The fraction of sp³-hybridized carbons (Fsp3) is 0.692. The second-order valence-corrected chi connectivity index (χ2v) is 7.83. The average molecular weight is 314 g/mol. The molecule has 0 aromatic carbocycles. The molecule has 1 amide bonds. The highest BCUT2D eigenvalue weighted by Gasteiger charge is 2.31. The summed E-state index contributed by atoms with van der Waals surface area (Å²) < 4.78 is 24.6. The van der Waals surface area contributed by atoms with E-state index in [0.717, 1.165) is 5.56 Å². The lowest BCUT2D eigenvalue weighted by Crippen LogP contribution is -2.41. The van der Waals surface area contributed by atoms with Crippen LogP contribution in [0.15, 0.2) is 12.4 Å². The molecule has 1 aliphatic heterocycles. The van der Waals surface area contributed by atoms with Crippen molar-refractivity contribution >= 4 is 15.7 Å². The lowest BCUT2D eigenvalue weighted by Gasteiger charge is -2.22. The number of aryl methyl sites for hydroxylation is 1. The summed E-state index contributed by atoms with van der Waals surface area (Å²) in [5.74, 6) is 0.289. The van der Waals surface area contributed by atoms with Crippen molar-refractivity contribution < 1.29 is 13.2 Å². The molecule has 1 atom stereocenters. The summed E-state index contributed by atoms with van der Waals surface area (Å²) in [4.78, 5) is 13.7. The summed E-state index contributed by atoms with van der Waals surface area (Å²) in [6.45, 7) is 3.32. The van der Waals surface area contributed by atoms with Gasteiger partial charge >= 0.3 is 0 Å². The highest BCUT2D eigenvalue weighted by molar-refractivity contribution is 7.91. The SMILES string of the molecule is Cc1cnn(CCNC(=O)CN(C)[C@@H]2CCS(=O)(=O)C2)c1. The number of carbonyl (C=O) groups is 1. The average Bonchev–Trinajstić information content (AvgIpc) is 2.95. The summed E-state index contributed by atoms with van der Waals surface area (Å²) in [5.41, 5.74) is 1.09. The molecule has 1 fully saturated rings. The van der Waals surface area contributed by atoms with Crippen molar-refractivity contribution in [1.82, 2.24) is 20.0 Å². The molecule has 2 heterocycles. The van der Waals surface area contributed by atoms with Crippen molar-refractivity contribution in [3.05, 3.63) is 18.0 Å².